The van der Waals surface area contributed by atoms with Crippen LogP contribution in [0.3, 0.4) is 0 Å². The third-order valence-electron chi connectivity index (χ3n) is 4.75. The van der Waals surface area contributed by atoms with Crippen LogP contribution in [0, 0.1) is 0 Å². The minimum Gasteiger partial charge on any atom is -0.508 e. The summed E-state index contributed by atoms with van der Waals surface area (Å²) in [6.07, 6.45) is 4.06. The first-order chi connectivity index (χ1) is 14.9. The Kier molecular flexibility index (Phi) is 5.54. The maximum atomic E-state index is 13.0. The third kappa shape index (κ3) is 3.93. The van der Waals surface area contributed by atoms with Crippen LogP contribution in [0.2, 0.25) is 10.0 Å². The summed E-state index contributed by atoms with van der Waals surface area (Å²) in [5.41, 5.74) is 1.11. The standard InChI is InChI=1S/C22H15Cl2N3O4/c23-15-8-25-9-16(24)19(15)26-22(31)21(30)14-11-27(10-12-4-1-2-6-17(12)28)20-13(14)5-3-7-18(20)29/h1-9,11,28-29H,10H2,(H,25,26,31). The first kappa shape index (κ1) is 20.7. The molecule has 0 unspecified atom stereocenters. The molecule has 0 fully saturated rings. The van der Waals surface area contributed by atoms with Crippen LogP contribution in [0.15, 0.2) is 61.1 Å². The number of nitrogens with zero attached hydrogens (tertiary/aromatic N) is 2. The fraction of sp³-hybridized carbons (Fsp3) is 0.0455. The second-order valence-electron chi connectivity index (χ2n) is 6.73. The molecule has 1 amide bonds. The normalized spacial score (nSPS) is 10.9. The molecule has 9 heteroatoms. The van der Waals surface area contributed by atoms with Crippen molar-refractivity contribution in [2.24, 2.45) is 0 Å². The molecule has 2 aromatic carbocycles. The van der Waals surface area contributed by atoms with Gasteiger partial charge >= 0.3 is 0 Å². The predicted molar refractivity (Wildman–Crippen MR) is 118 cm³/mol. The van der Waals surface area contributed by atoms with Gasteiger partial charge < -0.3 is 20.1 Å². The Morgan fingerprint density at radius 3 is 2.35 bits per heavy atom. The van der Waals surface area contributed by atoms with Crippen molar-refractivity contribution in [3.05, 3.63) is 82.2 Å². The van der Waals surface area contributed by atoms with Crippen LogP contribution >= 0.6 is 23.2 Å². The van der Waals surface area contributed by atoms with E-state index in [9.17, 15) is 19.8 Å². The molecule has 2 heterocycles. The van der Waals surface area contributed by atoms with E-state index in [0.29, 0.717) is 16.5 Å². The number of hydrogen-bond donors (Lipinski definition) is 3. The number of carbonyl (C=O) groups is 2. The number of ketones is 1. The Hall–Kier alpha value is -3.55. The predicted octanol–water partition coefficient (Wildman–Crippen LogP) is 4.62. The van der Waals surface area contributed by atoms with Crippen molar-refractivity contribution in [1.29, 1.82) is 0 Å². The van der Waals surface area contributed by atoms with Crippen molar-refractivity contribution in [3.63, 3.8) is 0 Å². The van der Waals surface area contributed by atoms with Crippen LogP contribution < -0.4 is 5.32 Å². The van der Waals surface area contributed by atoms with E-state index >= 15 is 0 Å². The highest BCUT2D eigenvalue weighted by Crippen LogP contribution is 2.32. The first-order valence-corrected chi connectivity index (χ1v) is 9.84. The monoisotopic (exact) mass is 455 g/mol. The lowest BCUT2D eigenvalue weighted by Gasteiger charge is -2.08. The average molecular weight is 456 g/mol. The second-order valence-corrected chi connectivity index (χ2v) is 7.55. The summed E-state index contributed by atoms with van der Waals surface area (Å²) in [4.78, 5) is 29.4. The number of aromatic hydroxyl groups is 2. The minimum atomic E-state index is -0.944. The fourth-order valence-electron chi connectivity index (χ4n) is 3.30. The van der Waals surface area contributed by atoms with Gasteiger partial charge in [-0.15, -0.1) is 0 Å². The fourth-order valence-corrected chi connectivity index (χ4v) is 3.76. The highest BCUT2D eigenvalue weighted by atomic mass is 35.5. The molecule has 0 bridgehead atoms. The zero-order valence-corrected chi connectivity index (χ0v) is 17.4. The Bertz CT molecular complexity index is 1310. The number of Topliss-reactive ketones (excluding diaryl/α,β-unsaturated/α-hetero) is 1. The molecule has 0 atom stereocenters. The number of fused-ring (bicyclic) bond motifs is 1. The summed E-state index contributed by atoms with van der Waals surface area (Å²) in [7, 11) is 0. The van der Waals surface area contributed by atoms with Gasteiger partial charge in [0.2, 0.25) is 0 Å². The number of nitrogens with one attached hydrogen (secondary N) is 1. The molecular weight excluding hydrogens is 441 g/mol. The summed E-state index contributed by atoms with van der Waals surface area (Å²) in [5.74, 6) is -1.77. The molecule has 0 saturated carbocycles. The second kappa shape index (κ2) is 8.29. The van der Waals surface area contributed by atoms with Gasteiger partial charge in [0.1, 0.15) is 11.5 Å². The van der Waals surface area contributed by atoms with E-state index in [0.717, 1.165) is 0 Å². The van der Waals surface area contributed by atoms with E-state index in [1.165, 1.54) is 24.7 Å². The molecule has 0 spiro atoms. The van der Waals surface area contributed by atoms with E-state index in [4.69, 9.17) is 23.2 Å². The smallest absolute Gasteiger partial charge is 0.296 e. The van der Waals surface area contributed by atoms with Crippen LogP contribution in [0.25, 0.3) is 10.9 Å². The van der Waals surface area contributed by atoms with Gasteiger partial charge in [-0.1, -0.05) is 53.5 Å². The maximum absolute atomic E-state index is 13.0. The molecule has 0 aliphatic rings. The van der Waals surface area contributed by atoms with Gasteiger partial charge in [0.05, 0.1) is 33.4 Å². The lowest BCUT2D eigenvalue weighted by atomic mass is 10.1. The Morgan fingerprint density at radius 1 is 0.968 bits per heavy atom. The average Bonchev–Trinajstić information content (AvgIpc) is 3.11. The number of hydrogen-bond acceptors (Lipinski definition) is 5. The van der Waals surface area contributed by atoms with Crippen molar-refractivity contribution in [2.45, 2.75) is 6.54 Å². The van der Waals surface area contributed by atoms with Crippen LogP contribution in [0.5, 0.6) is 11.5 Å². The summed E-state index contributed by atoms with van der Waals surface area (Å²) in [5, 5.41) is 23.5. The topological polar surface area (TPSA) is 104 Å². The van der Waals surface area contributed by atoms with Crippen LogP contribution in [0.4, 0.5) is 5.69 Å². The highest BCUT2D eigenvalue weighted by molar-refractivity contribution is 6.50. The van der Waals surface area contributed by atoms with Crippen molar-refractivity contribution in [2.75, 3.05) is 5.32 Å². The van der Waals surface area contributed by atoms with Crippen LogP contribution in [-0.2, 0) is 11.3 Å². The molecule has 2 aromatic heterocycles. The number of amides is 1. The lowest BCUT2D eigenvalue weighted by molar-refractivity contribution is -0.112. The van der Waals surface area contributed by atoms with Crippen molar-refractivity contribution in [3.8, 4) is 11.5 Å². The van der Waals surface area contributed by atoms with Gasteiger partial charge in [0, 0.05) is 29.5 Å². The molecule has 0 aliphatic heterocycles. The van der Waals surface area contributed by atoms with Gasteiger partial charge in [0.25, 0.3) is 11.7 Å². The number of halogens is 2. The largest absolute Gasteiger partial charge is 0.508 e. The van der Waals surface area contributed by atoms with Crippen LogP contribution in [-0.4, -0.2) is 31.5 Å². The van der Waals surface area contributed by atoms with Gasteiger partial charge in [-0.3, -0.25) is 14.6 Å². The van der Waals surface area contributed by atoms with E-state index < -0.39 is 11.7 Å². The highest BCUT2D eigenvalue weighted by Gasteiger charge is 2.24. The van der Waals surface area contributed by atoms with Gasteiger partial charge in [-0.2, -0.15) is 0 Å². The number of carbonyl (C=O) groups excluding carboxylic acids is 2. The van der Waals surface area contributed by atoms with E-state index in [2.05, 4.69) is 10.3 Å². The molecule has 0 saturated heterocycles. The molecule has 4 rings (SSSR count). The molecule has 0 aliphatic carbocycles. The molecule has 4 aromatic rings. The molecule has 7 nitrogen and oxygen atoms in total. The van der Waals surface area contributed by atoms with Gasteiger partial charge in [-0.25, -0.2) is 0 Å². The minimum absolute atomic E-state index is 0.0624. The zero-order valence-electron chi connectivity index (χ0n) is 15.8. The number of phenolic OH excluding ortho intramolecular Hbond substituents is 2. The quantitative estimate of drug-likeness (QED) is 0.300. The number of pyridine rings is 1. The van der Waals surface area contributed by atoms with E-state index in [1.54, 1.807) is 41.0 Å². The number of rotatable bonds is 5. The van der Waals surface area contributed by atoms with Crippen molar-refractivity contribution in [1.82, 2.24) is 9.55 Å². The van der Waals surface area contributed by atoms with Gasteiger partial charge in [0.15, 0.2) is 0 Å². The Labute approximate surface area is 186 Å². The number of para-hydroxylation sites is 2. The number of aromatic nitrogens is 2. The molecule has 31 heavy (non-hydrogen) atoms. The summed E-state index contributed by atoms with van der Waals surface area (Å²) in [6, 6.07) is 11.4. The summed E-state index contributed by atoms with van der Waals surface area (Å²) < 4.78 is 1.60. The number of phenols is 2. The van der Waals surface area contributed by atoms with Gasteiger partial charge in [-0.05, 0) is 12.1 Å². The molecule has 0 radical (unpaired) electrons. The first-order valence-electron chi connectivity index (χ1n) is 9.09. The number of anilines is 1. The Balaban J connectivity index is 1.74. The maximum Gasteiger partial charge on any atom is 0.296 e. The third-order valence-corrected chi connectivity index (χ3v) is 5.33. The van der Waals surface area contributed by atoms with E-state index in [-0.39, 0.29) is 39.3 Å². The molecule has 3 N–H and O–H groups in total. The summed E-state index contributed by atoms with van der Waals surface area (Å²) >= 11 is 12.0. The zero-order chi connectivity index (χ0) is 22.1. The molecule has 156 valence electrons. The SMILES string of the molecule is O=C(Nc1c(Cl)cncc1Cl)C(=O)c1cn(Cc2ccccc2O)c2c(O)cccc12. The van der Waals surface area contributed by atoms with Crippen molar-refractivity contribution < 1.29 is 19.8 Å². The number of benzene rings is 2. The Morgan fingerprint density at radius 2 is 1.65 bits per heavy atom. The summed E-state index contributed by atoms with van der Waals surface area (Å²) in [6.45, 7) is 0.178. The van der Waals surface area contributed by atoms with E-state index in [1.807, 2.05) is 0 Å². The van der Waals surface area contributed by atoms with Crippen molar-refractivity contribution >= 4 is 51.5 Å². The van der Waals surface area contributed by atoms with Crippen LogP contribution in [0.1, 0.15) is 15.9 Å². The lowest BCUT2D eigenvalue weighted by Crippen LogP contribution is -2.23. The molecular formula is C22H15Cl2N3O4.